The van der Waals surface area contributed by atoms with Crippen molar-refractivity contribution in [3.8, 4) is 5.69 Å². The Morgan fingerprint density at radius 2 is 1.83 bits per heavy atom. The first-order valence-electron chi connectivity index (χ1n) is 9.48. The minimum Gasteiger partial charge on any atom is -0.478 e. The molecule has 4 rings (SSSR count). The predicted octanol–water partition coefficient (Wildman–Crippen LogP) is 2.58. The number of nitrogens with zero attached hydrogens (tertiary/aromatic N) is 2. The van der Waals surface area contributed by atoms with E-state index < -0.39 is 11.8 Å². The maximum atomic E-state index is 12.9. The van der Waals surface area contributed by atoms with Gasteiger partial charge in [0.25, 0.3) is 5.91 Å². The largest absolute Gasteiger partial charge is 0.478 e. The highest BCUT2D eigenvalue weighted by molar-refractivity contribution is 6.12. The van der Waals surface area contributed by atoms with E-state index in [4.69, 9.17) is 10.8 Å². The van der Waals surface area contributed by atoms with Gasteiger partial charge in [0.1, 0.15) is 5.82 Å². The Morgan fingerprint density at radius 3 is 2.53 bits per heavy atom. The summed E-state index contributed by atoms with van der Waals surface area (Å²) >= 11 is 0. The highest BCUT2D eigenvalue weighted by Gasteiger charge is 2.24. The monoisotopic (exact) mass is 404 g/mol. The maximum Gasteiger partial charge on any atom is 0.335 e. The Bertz CT molecular complexity index is 1180. The first kappa shape index (κ1) is 19.4. The highest BCUT2D eigenvalue weighted by Crippen LogP contribution is 2.25. The number of anilines is 1. The van der Waals surface area contributed by atoms with Gasteiger partial charge in [0, 0.05) is 17.2 Å². The van der Waals surface area contributed by atoms with E-state index in [1.54, 1.807) is 18.2 Å². The summed E-state index contributed by atoms with van der Waals surface area (Å²) in [6, 6.07) is 11.2. The number of amides is 1. The zero-order valence-electron chi connectivity index (χ0n) is 16.3. The van der Waals surface area contributed by atoms with E-state index in [0.29, 0.717) is 11.3 Å². The fourth-order valence-corrected chi connectivity index (χ4v) is 3.15. The Morgan fingerprint density at radius 1 is 1.10 bits per heavy atom. The van der Waals surface area contributed by atoms with Crippen molar-refractivity contribution in [3.05, 3.63) is 76.5 Å². The zero-order valence-corrected chi connectivity index (χ0v) is 16.3. The van der Waals surface area contributed by atoms with Gasteiger partial charge in [-0.2, -0.15) is 5.10 Å². The van der Waals surface area contributed by atoms with Crippen LogP contribution in [0.5, 0.6) is 0 Å². The quantitative estimate of drug-likeness (QED) is 0.542. The summed E-state index contributed by atoms with van der Waals surface area (Å²) in [7, 11) is 0. The number of hydrogen-bond acceptors (Lipinski definition) is 5. The van der Waals surface area contributed by atoms with Crippen LogP contribution in [0.2, 0.25) is 0 Å². The number of nitrogens with one attached hydrogen (secondary N) is 1. The van der Waals surface area contributed by atoms with Crippen LogP contribution in [-0.2, 0) is 0 Å². The van der Waals surface area contributed by atoms with E-state index in [1.807, 2.05) is 6.92 Å². The minimum absolute atomic E-state index is 0.0111. The van der Waals surface area contributed by atoms with Gasteiger partial charge in [-0.15, -0.1) is 0 Å². The van der Waals surface area contributed by atoms with Crippen molar-refractivity contribution in [2.24, 2.45) is 0 Å². The van der Waals surface area contributed by atoms with Gasteiger partial charge in [-0.05, 0) is 49.6 Å². The van der Waals surface area contributed by atoms with Crippen LogP contribution < -0.4 is 11.1 Å². The number of ketones is 1. The first-order chi connectivity index (χ1) is 14.3. The van der Waals surface area contributed by atoms with E-state index >= 15 is 0 Å². The van der Waals surface area contributed by atoms with E-state index in [-0.39, 0.29) is 34.5 Å². The normalized spacial score (nSPS) is 13.1. The van der Waals surface area contributed by atoms with Gasteiger partial charge < -0.3 is 16.2 Å². The molecule has 152 valence electrons. The van der Waals surface area contributed by atoms with Crippen LogP contribution in [0.25, 0.3) is 5.69 Å². The third-order valence-electron chi connectivity index (χ3n) is 5.03. The molecule has 8 nitrogen and oxygen atoms in total. The Kier molecular flexibility index (Phi) is 4.83. The van der Waals surface area contributed by atoms with E-state index in [9.17, 15) is 14.4 Å². The van der Waals surface area contributed by atoms with E-state index in [0.717, 1.165) is 18.4 Å². The summed E-state index contributed by atoms with van der Waals surface area (Å²) in [5.41, 5.74) is 8.50. The smallest absolute Gasteiger partial charge is 0.335 e. The van der Waals surface area contributed by atoms with Crippen LogP contribution in [0.4, 0.5) is 5.82 Å². The number of nitrogens with two attached hydrogens (primary N) is 1. The molecule has 8 heteroatoms. The third kappa shape index (κ3) is 3.67. The molecule has 1 fully saturated rings. The van der Waals surface area contributed by atoms with Crippen LogP contribution in [0.3, 0.4) is 0 Å². The predicted molar refractivity (Wildman–Crippen MR) is 110 cm³/mol. The Labute approximate surface area is 172 Å². The number of nitrogen functional groups attached to an aromatic ring is 1. The molecule has 1 heterocycles. The summed E-state index contributed by atoms with van der Waals surface area (Å²) in [4.78, 5) is 36.4. The van der Waals surface area contributed by atoms with Crippen molar-refractivity contribution in [1.82, 2.24) is 15.1 Å². The number of carbonyl (C=O) groups is 3. The number of hydrogen-bond donors (Lipinski definition) is 3. The second-order valence-electron chi connectivity index (χ2n) is 7.32. The van der Waals surface area contributed by atoms with Crippen molar-refractivity contribution >= 4 is 23.5 Å². The summed E-state index contributed by atoms with van der Waals surface area (Å²) < 4.78 is 1.41. The molecular formula is C22H20N4O4. The lowest BCUT2D eigenvalue weighted by atomic mass is 10.0. The molecule has 1 aromatic heterocycles. The standard InChI is InChI=1S/C22H20N4O4/c1-12-5-6-14(21(28)25-16-7-8-16)10-18(12)26-20(23)17(11-24-26)19(27)13-3-2-4-15(9-13)22(29)30/h2-6,9-11,16H,7-8,23H2,1H3,(H,25,28)(H,29,30). The SMILES string of the molecule is Cc1ccc(C(=O)NC2CC2)cc1-n1ncc(C(=O)c2cccc(C(=O)O)c2)c1N. The van der Waals surface area contributed by atoms with Gasteiger partial charge in [-0.3, -0.25) is 9.59 Å². The van der Waals surface area contributed by atoms with Crippen molar-refractivity contribution in [2.45, 2.75) is 25.8 Å². The van der Waals surface area contributed by atoms with Gasteiger partial charge in [0.05, 0.1) is 23.0 Å². The minimum atomic E-state index is -1.12. The molecule has 30 heavy (non-hydrogen) atoms. The molecule has 0 unspecified atom stereocenters. The summed E-state index contributed by atoms with van der Waals surface area (Å²) in [6.07, 6.45) is 3.33. The fourth-order valence-electron chi connectivity index (χ4n) is 3.15. The molecule has 0 aliphatic heterocycles. The average Bonchev–Trinajstić information content (AvgIpc) is 3.47. The summed E-state index contributed by atoms with van der Waals surface area (Å²) in [5, 5.41) is 16.3. The molecule has 1 aliphatic rings. The molecule has 0 radical (unpaired) electrons. The molecule has 1 amide bonds. The van der Waals surface area contributed by atoms with Gasteiger partial charge in [0.15, 0.2) is 5.78 Å². The molecule has 1 saturated carbocycles. The molecule has 2 aromatic carbocycles. The van der Waals surface area contributed by atoms with Gasteiger partial charge >= 0.3 is 5.97 Å². The second-order valence-corrected chi connectivity index (χ2v) is 7.32. The average molecular weight is 404 g/mol. The van der Waals surface area contributed by atoms with Crippen LogP contribution in [0, 0.1) is 6.92 Å². The number of aryl methyl sites for hydroxylation is 1. The van der Waals surface area contributed by atoms with Crippen LogP contribution in [0.15, 0.2) is 48.7 Å². The van der Waals surface area contributed by atoms with Crippen LogP contribution in [0.1, 0.15) is 55.0 Å². The number of aromatic carboxylic acids is 1. The molecular weight excluding hydrogens is 384 g/mol. The molecule has 0 bridgehead atoms. The number of carbonyl (C=O) groups excluding carboxylic acids is 2. The van der Waals surface area contributed by atoms with Crippen molar-refractivity contribution in [1.29, 1.82) is 0 Å². The zero-order chi connectivity index (χ0) is 21.4. The molecule has 0 atom stereocenters. The molecule has 0 spiro atoms. The van der Waals surface area contributed by atoms with Gasteiger partial charge in [0.2, 0.25) is 0 Å². The second kappa shape index (κ2) is 7.47. The van der Waals surface area contributed by atoms with Gasteiger partial charge in [-0.1, -0.05) is 18.2 Å². The maximum absolute atomic E-state index is 12.9. The van der Waals surface area contributed by atoms with Crippen LogP contribution >= 0.6 is 0 Å². The van der Waals surface area contributed by atoms with E-state index in [1.165, 1.54) is 35.1 Å². The number of aromatic nitrogens is 2. The molecule has 3 aromatic rings. The lowest BCUT2D eigenvalue weighted by Gasteiger charge is -2.11. The topological polar surface area (TPSA) is 127 Å². The van der Waals surface area contributed by atoms with Crippen molar-refractivity contribution in [2.75, 3.05) is 5.73 Å². The summed E-state index contributed by atoms with van der Waals surface area (Å²) in [6.45, 7) is 1.86. The Balaban J connectivity index is 1.68. The first-order valence-corrected chi connectivity index (χ1v) is 9.48. The third-order valence-corrected chi connectivity index (χ3v) is 5.03. The number of benzene rings is 2. The van der Waals surface area contributed by atoms with Gasteiger partial charge in [-0.25, -0.2) is 9.48 Å². The molecule has 1 aliphatic carbocycles. The number of carboxylic acids is 1. The van der Waals surface area contributed by atoms with E-state index in [2.05, 4.69) is 10.4 Å². The molecule has 4 N–H and O–H groups in total. The Hall–Kier alpha value is -3.94. The molecule has 0 saturated heterocycles. The lowest BCUT2D eigenvalue weighted by Crippen LogP contribution is -2.25. The lowest BCUT2D eigenvalue weighted by molar-refractivity contribution is 0.0696. The number of rotatable bonds is 6. The summed E-state index contributed by atoms with van der Waals surface area (Å²) in [5.74, 6) is -1.60. The van der Waals surface area contributed by atoms with Crippen LogP contribution in [-0.4, -0.2) is 38.6 Å². The number of carboxylic acid groups (broad SMARTS) is 1. The van der Waals surface area contributed by atoms with Crippen molar-refractivity contribution < 1.29 is 19.5 Å². The fraction of sp³-hybridized carbons (Fsp3) is 0.182. The highest BCUT2D eigenvalue weighted by atomic mass is 16.4. The van der Waals surface area contributed by atoms with Crippen molar-refractivity contribution in [3.63, 3.8) is 0 Å².